The molecule has 19 heavy (non-hydrogen) atoms. The van der Waals surface area contributed by atoms with Gasteiger partial charge in [0.2, 0.25) is 11.8 Å². The predicted octanol–water partition coefficient (Wildman–Crippen LogP) is -0.734. The fourth-order valence-electron chi connectivity index (χ4n) is 2.04. The number of nitrogens with zero attached hydrogens (tertiary/aromatic N) is 2. The van der Waals surface area contributed by atoms with Crippen molar-refractivity contribution in [3.8, 4) is 0 Å². The van der Waals surface area contributed by atoms with Gasteiger partial charge < -0.3 is 20.4 Å². The van der Waals surface area contributed by atoms with Crippen molar-refractivity contribution in [1.82, 2.24) is 20.4 Å². The Hall–Kier alpha value is -1.14. The lowest BCUT2D eigenvalue weighted by Gasteiger charge is -2.32. The van der Waals surface area contributed by atoms with Crippen molar-refractivity contribution in [3.63, 3.8) is 0 Å². The van der Waals surface area contributed by atoms with E-state index >= 15 is 0 Å². The number of carbonyl (C=O) groups excluding carboxylic acids is 2. The highest BCUT2D eigenvalue weighted by Gasteiger charge is 2.18. The molecule has 2 N–H and O–H groups in total. The first-order chi connectivity index (χ1) is 9.13. The van der Waals surface area contributed by atoms with E-state index in [1.807, 2.05) is 11.9 Å². The Morgan fingerprint density at radius 3 is 2.37 bits per heavy atom. The molecule has 1 rings (SSSR count). The molecule has 0 saturated carbocycles. The molecule has 0 aromatic heterocycles. The largest absolute Gasteiger partial charge is 0.356 e. The first kappa shape index (κ1) is 15.9. The third-order valence-corrected chi connectivity index (χ3v) is 3.35. The molecule has 0 aromatic carbocycles. The summed E-state index contributed by atoms with van der Waals surface area (Å²) >= 11 is 0. The standard InChI is InChI=1S/C13H26N4O2/c1-14-6-3-4-12(18)15-7-5-13(19)17-10-8-16(2)9-11-17/h14H,3-11H2,1-2H3,(H,15,18). The van der Waals surface area contributed by atoms with Crippen LogP contribution in [0.4, 0.5) is 0 Å². The van der Waals surface area contributed by atoms with E-state index in [4.69, 9.17) is 0 Å². The second-order valence-corrected chi connectivity index (χ2v) is 4.99. The maximum Gasteiger partial charge on any atom is 0.224 e. The summed E-state index contributed by atoms with van der Waals surface area (Å²) in [6.07, 6.45) is 1.75. The van der Waals surface area contributed by atoms with E-state index in [9.17, 15) is 9.59 Å². The van der Waals surface area contributed by atoms with Crippen molar-refractivity contribution in [1.29, 1.82) is 0 Å². The summed E-state index contributed by atoms with van der Waals surface area (Å²) in [7, 11) is 3.93. The lowest BCUT2D eigenvalue weighted by molar-refractivity contribution is -0.132. The lowest BCUT2D eigenvalue weighted by atomic mass is 10.2. The van der Waals surface area contributed by atoms with E-state index < -0.39 is 0 Å². The van der Waals surface area contributed by atoms with E-state index in [2.05, 4.69) is 22.6 Å². The van der Waals surface area contributed by atoms with Gasteiger partial charge in [-0.1, -0.05) is 0 Å². The SMILES string of the molecule is CNCCCC(=O)NCCC(=O)N1CCN(C)CC1. The minimum Gasteiger partial charge on any atom is -0.356 e. The zero-order valence-corrected chi connectivity index (χ0v) is 12.1. The predicted molar refractivity (Wildman–Crippen MR) is 74.9 cm³/mol. The molecule has 0 bridgehead atoms. The normalized spacial score (nSPS) is 16.4. The first-order valence-electron chi connectivity index (χ1n) is 7.01. The van der Waals surface area contributed by atoms with E-state index in [-0.39, 0.29) is 11.8 Å². The van der Waals surface area contributed by atoms with Gasteiger partial charge in [-0.05, 0) is 27.1 Å². The highest BCUT2D eigenvalue weighted by Crippen LogP contribution is 2.01. The van der Waals surface area contributed by atoms with Crippen LogP contribution in [0.1, 0.15) is 19.3 Å². The monoisotopic (exact) mass is 270 g/mol. The second kappa shape index (κ2) is 8.87. The van der Waals surface area contributed by atoms with Crippen molar-refractivity contribution in [2.75, 3.05) is 53.4 Å². The molecular weight excluding hydrogens is 244 g/mol. The number of hydrogen-bond donors (Lipinski definition) is 2. The molecule has 1 aliphatic heterocycles. The van der Waals surface area contributed by atoms with Crippen molar-refractivity contribution in [2.24, 2.45) is 0 Å². The van der Waals surface area contributed by atoms with Crippen LogP contribution in [0.25, 0.3) is 0 Å². The van der Waals surface area contributed by atoms with E-state index in [0.29, 0.717) is 19.4 Å². The Kier molecular flexibility index (Phi) is 7.43. The Bertz CT molecular complexity index is 288. The smallest absolute Gasteiger partial charge is 0.224 e. The molecule has 0 aromatic rings. The van der Waals surface area contributed by atoms with Gasteiger partial charge in [0, 0.05) is 45.6 Å². The van der Waals surface area contributed by atoms with Gasteiger partial charge in [0.1, 0.15) is 0 Å². The number of nitrogens with one attached hydrogen (secondary N) is 2. The summed E-state index contributed by atoms with van der Waals surface area (Å²) in [5.74, 6) is 0.171. The van der Waals surface area contributed by atoms with Gasteiger partial charge in [0.25, 0.3) is 0 Å². The molecule has 1 heterocycles. The molecule has 0 spiro atoms. The van der Waals surface area contributed by atoms with Crippen molar-refractivity contribution < 1.29 is 9.59 Å². The fraction of sp³-hybridized carbons (Fsp3) is 0.846. The molecular formula is C13H26N4O2. The minimum absolute atomic E-state index is 0.0291. The van der Waals surface area contributed by atoms with Gasteiger partial charge in [-0.3, -0.25) is 9.59 Å². The van der Waals surface area contributed by atoms with Gasteiger partial charge in [0.05, 0.1) is 0 Å². The Morgan fingerprint density at radius 1 is 1.05 bits per heavy atom. The number of hydrogen-bond acceptors (Lipinski definition) is 4. The van der Waals surface area contributed by atoms with E-state index in [1.54, 1.807) is 0 Å². The molecule has 0 atom stereocenters. The average Bonchev–Trinajstić information content (AvgIpc) is 2.39. The Balaban J connectivity index is 2.08. The molecule has 6 nitrogen and oxygen atoms in total. The number of piperazine rings is 1. The van der Waals surface area contributed by atoms with Gasteiger partial charge in [-0.15, -0.1) is 0 Å². The summed E-state index contributed by atoms with van der Waals surface area (Å²) in [4.78, 5) is 27.4. The molecule has 0 radical (unpaired) electrons. The topological polar surface area (TPSA) is 64.7 Å². The number of likely N-dealkylation sites (N-methyl/N-ethyl adjacent to an activating group) is 1. The highest BCUT2D eigenvalue weighted by molar-refractivity contribution is 5.79. The summed E-state index contributed by atoms with van der Waals surface area (Å²) in [6, 6.07) is 0. The summed E-state index contributed by atoms with van der Waals surface area (Å²) in [5.41, 5.74) is 0. The van der Waals surface area contributed by atoms with Gasteiger partial charge in [0.15, 0.2) is 0 Å². The quantitative estimate of drug-likeness (QED) is 0.599. The Morgan fingerprint density at radius 2 is 1.74 bits per heavy atom. The summed E-state index contributed by atoms with van der Waals surface area (Å²) in [5, 5.41) is 5.79. The third-order valence-electron chi connectivity index (χ3n) is 3.35. The average molecular weight is 270 g/mol. The molecule has 110 valence electrons. The zero-order valence-electron chi connectivity index (χ0n) is 12.1. The molecule has 0 aliphatic carbocycles. The van der Waals surface area contributed by atoms with Crippen molar-refractivity contribution in [3.05, 3.63) is 0 Å². The van der Waals surface area contributed by atoms with Crippen LogP contribution >= 0.6 is 0 Å². The number of rotatable bonds is 7. The zero-order chi connectivity index (χ0) is 14.1. The second-order valence-electron chi connectivity index (χ2n) is 4.99. The number of carbonyl (C=O) groups is 2. The fourth-order valence-corrected chi connectivity index (χ4v) is 2.04. The van der Waals surface area contributed by atoms with Crippen LogP contribution in [0.3, 0.4) is 0 Å². The third kappa shape index (κ3) is 6.54. The summed E-state index contributed by atoms with van der Waals surface area (Å²) < 4.78 is 0. The molecule has 1 saturated heterocycles. The van der Waals surface area contributed by atoms with Gasteiger partial charge in [-0.2, -0.15) is 0 Å². The van der Waals surface area contributed by atoms with Crippen LogP contribution in [0.15, 0.2) is 0 Å². The van der Waals surface area contributed by atoms with Crippen molar-refractivity contribution in [2.45, 2.75) is 19.3 Å². The van der Waals surface area contributed by atoms with Gasteiger partial charge in [-0.25, -0.2) is 0 Å². The molecule has 2 amide bonds. The molecule has 6 heteroatoms. The van der Waals surface area contributed by atoms with E-state index in [0.717, 1.165) is 39.1 Å². The highest BCUT2D eigenvalue weighted by atomic mass is 16.2. The van der Waals surface area contributed by atoms with Crippen LogP contribution in [-0.2, 0) is 9.59 Å². The van der Waals surface area contributed by atoms with E-state index in [1.165, 1.54) is 0 Å². The molecule has 1 aliphatic rings. The van der Waals surface area contributed by atoms with Crippen molar-refractivity contribution >= 4 is 11.8 Å². The minimum atomic E-state index is 0.0291. The van der Waals surface area contributed by atoms with Crippen LogP contribution in [-0.4, -0.2) is 75.0 Å². The maximum absolute atomic E-state index is 11.9. The van der Waals surface area contributed by atoms with Crippen LogP contribution in [0.2, 0.25) is 0 Å². The van der Waals surface area contributed by atoms with Crippen LogP contribution in [0.5, 0.6) is 0 Å². The maximum atomic E-state index is 11.9. The van der Waals surface area contributed by atoms with Crippen LogP contribution in [0, 0.1) is 0 Å². The first-order valence-corrected chi connectivity index (χ1v) is 7.01. The molecule has 1 fully saturated rings. The molecule has 0 unspecified atom stereocenters. The van der Waals surface area contributed by atoms with Gasteiger partial charge >= 0.3 is 0 Å². The van der Waals surface area contributed by atoms with Crippen LogP contribution < -0.4 is 10.6 Å². The number of amides is 2. The Labute approximate surface area is 115 Å². The lowest BCUT2D eigenvalue weighted by Crippen LogP contribution is -2.47. The summed E-state index contributed by atoms with van der Waals surface area (Å²) in [6.45, 7) is 4.75.